The molecular formula is C43H26N2O. The summed E-state index contributed by atoms with van der Waals surface area (Å²) in [6.07, 6.45) is 0.00620. The molecule has 0 saturated heterocycles. The van der Waals surface area contributed by atoms with Gasteiger partial charge in [0.05, 0.1) is 17.1 Å². The summed E-state index contributed by atoms with van der Waals surface area (Å²) in [6, 6.07) is 52.9. The second-order valence-electron chi connectivity index (χ2n) is 12.5. The number of para-hydroxylation sites is 2. The van der Waals surface area contributed by atoms with Crippen molar-refractivity contribution in [2.24, 2.45) is 0 Å². The average Bonchev–Trinajstić information content (AvgIpc) is 3.70. The van der Waals surface area contributed by atoms with E-state index in [2.05, 4.69) is 156 Å². The molecule has 0 aliphatic carbocycles. The van der Waals surface area contributed by atoms with Gasteiger partial charge >= 0.3 is 0 Å². The summed E-state index contributed by atoms with van der Waals surface area (Å²) in [7, 11) is 0. The number of furan rings is 1. The molecule has 2 aliphatic rings. The third-order valence-electron chi connectivity index (χ3n) is 10.2. The Balaban J connectivity index is 1.24. The highest BCUT2D eigenvalue weighted by molar-refractivity contribution is 6.33. The summed E-state index contributed by atoms with van der Waals surface area (Å²) in [4.78, 5) is 2.43. The second kappa shape index (κ2) is 8.77. The smallest absolute Gasteiger partial charge is 0.159 e. The van der Waals surface area contributed by atoms with E-state index in [4.69, 9.17) is 4.42 Å². The Labute approximate surface area is 264 Å². The number of nitrogens with one attached hydrogen (secondary N) is 1. The molecule has 2 aliphatic heterocycles. The molecule has 0 radical (unpaired) electrons. The molecule has 8 aromatic carbocycles. The zero-order valence-corrected chi connectivity index (χ0v) is 24.8. The molecule has 3 heteroatoms. The predicted octanol–water partition coefficient (Wildman–Crippen LogP) is 12.0. The van der Waals surface area contributed by atoms with Gasteiger partial charge in [0.2, 0.25) is 0 Å². The Hall–Kier alpha value is -6.06. The van der Waals surface area contributed by atoms with Crippen molar-refractivity contribution >= 4 is 71.1 Å². The number of rotatable bonds is 1. The van der Waals surface area contributed by atoms with Gasteiger partial charge in [-0.2, -0.15) is 0 Å². The molecule has 9 aromatic rings. The van der Waals surface area contributed by atoms with Crippen molar-refractivity contribution in [2.75, 3.05) is 10.2 Å². The number of hydrogen-bond donors (Lipinski definition) is 1. The molecule has 46 heavy (non-hydrogen) atoms. The van der Waals surface area contributed by atoms with Crippen molar-refractivity contribution < 1.29 is 4.42 Å². The summed E-state index contributed by atoms with van der Waals surface area (Å²) < 4.78 is 6.73. The number of nitrogens with zero attached hydrogens (tertiary/aromatic N) is 1. The van der Waals surface area contributed by atoms with Crippen LogP contribution in [0, 0.1) is 0 Å². The topological polar surface area (TPSA) is 28.4 Å². The molecule has 0 saturated carbocycles. The zero-order chi connectivity index (χ0) is 29.9. The van der Waals surface area contributed by atoms with Crippen LogP contribution in [-0.4, -0.2) is 0 Å². The van der Waals surface area contributed by atoms with Crippen molar-refractivity contribution in [3.63, 3.8) is 0 Å². The van der Waals surface area contributed by atoms with Gasteiger partial charge in [0, 0.05) is 16.5 Å². The Morgan fingerprint density at radius 2 is 1.13 bits per heavy atom. The molecule has 1 aromatic heterocycles. The maximum atomic E-state index is 6.73. The van der Waals surface area contributed by atoms with Gasteiger partial charge in [0.1, 0.15) is 11.7 Å². The van der Waals surface area contributed by atoms with Crippen LogP contribution >= 0.6 is 0 Å². The summed E-state index contributed by atoms with van der Waals surface area (Å²) in [6.45, 7) is 0. The Bertz CT molecular complexity index is 2750. The Morgan fingerprint density at radius 3 is 1.96 bits per heavy atom. The fraction of sp³-hybridized carbons (Fsp3) is 0.0233. The van der Waals surface area contributed by atoms with Crippen LogP contribution in [-0.2, 0) is 0 Å². The van der Waals surface area contributed by atoms with Gasteiger partial charge < -0.3 is 14.6 Å². The number of hydrogen-bond acceptors (Lipinski definition) is 3. The van der Waals surface area contributed by atoms with E-state index in [9.17, 15) is 0 Å². The van der Waals surface area contributed by atoms with E-state index in [-0.39, 0.29) is 6.17 Å². The Morgan fingerprint density at radius 1 is 0.500 bits per heavy atom. The summed E-state index contributed by atoms with van der Waals surface area (Å²) in [5, 5.41) is 15.2. The van der Waals surface area contributed by atoms with Gasteiger partial charge in [0.25, 0.3) is 0 Å². The predicted molar refractivity (Wildman–Crippen MR) is 192 cm³/mol. The first kappa shape index (κ1) is 24.3. The molecule has 0 fully saturated rings. The third-order valence-corrected chi connectivity index (χ3v) is 10.2. The normalized spacial score (nSPS) is 14.9. The number of benzene rings is 8. The highest BCUT2D eigenvalue weighted by atomic mass is 16.3. The van der Waals surface area contributed by atoms with Gasteiger partial charge in [-0.15, -0.1) is 0 Å². The fourth-order valence-electron chi connectivity index (χ4n) is 8.24. The first-order chi connectivity index (χ1) is 22.8. The molecular weight excluding hydrogens is 560 g/mol. The lowest BCUT2D eigenvalue weighted by Gasteiger charge is -2.32. The van der Waals surface area contributed by atoms with Gasteiger partial charge in [-0.05, 0) is 84.5 Å². The molecule has 1 unspecified atom stereocenters. The minimum absolute atomic E-state index is 0.00620. The van der Waals surface area contributed by atoms with E-state index in [0.717, 1.165) is 33.7 Å². The van der Waals surface area contributed by atoms with E-state index in [1.165, 1.54) is 65.5 Å². The monoisotopic (exact) mass is 586 g/mol. The maximum Gasteiger partial charge on any atom is 0.159 e. The quantitative estimate of drug-likeness (QED) is 0.194. The lowest BCUT2D eigenvalue weighted by molar-refractivity contribution is 0.622. The lowest BCUT2D eigenvalue weighted by Crippen LogP contribution is -2.27. The van der Waals surface area contributed by atoms with E-state index >= 15 is 0 Å². The first-order valence-corrected chi connectivity index (χ1v) is 15.9. The minimum Gasteiger partial charge on any atom is -0.454 e. The van der Waals surface area contributed by atoms with Crippen molar-refractivity contribution in [2.45, 2.75) is 6.17 Å². The number of fused-ring (bicyclic) bond motifs is 18. The van der Waals surface area contributed by atoms with Crippen LogP contribution in [0.1, 0.15) is 11.7 Å². The lowest BCUT2D eigenvalue weighted by atomic mass is 9.87. The largest absolute Gasteiger partial charge is 0.454 e. The second-order valence-corrected chi connectivity index (χ2v) is 12.5. The molecule has 214 valence electrons. The van der Waals surface area contributed by atoms with Crippen LogP contribution in [0.15, 0.2) is 150 Å². The molecule has 0 bridgehead atoms. The van der Waals surface area contributed by atoms with Gasteiger partial charge in [-0.1, -0.05) is 115 Å². The van der Waals surface area contributed by atoms with Crippen LogP contribution in [0.2, 0.25) is 0 Å². The van der Waals surface area contributed by atoms with Gasteiger partial charge in [-0.25, -0.2) is 0 Å². The highest BCUT2D eigenvalue weighted by Crippen LogP contribution is 2.57. The minimum atomic E-state index is 0.00620. The van der Waals surface area contributed by atoms with Crippen LogP contribution < -0.4 is 10.2 Å². The average molecular weight is 587 g/mol. The molecule has 0 amide bonds. The molecule has 3 nitrogen and oxygen atoms in total. The summed E-state index contributed by atoms with van der Waals surface area (Å²) in [5.74, 6) is 0.929. The zero-order valence-electron chi connectivity index (χ0n) is 24.8. The molecule has 3 heterocycles. The molecule has 1 N–H and O–H groups in total. The van der Waals surface area contributed by atoms with Crippen molar-refractivity contribution in [1.29, 1.82) is 0 Å². The SMILES string of the molecule is c1ccc2c(c1)NC1c3ccccc3-c3oc4ccc(-c5cc6c7ccccc7c7ccccc7c6c6ccccc56)cc4c3N21. The third kappa shape index (κ3) is 3.07. The first-order valence-electron chi connectivity index (χ1n) is 15.9. The van der Waals surface area contributed by atoms with Crippen LogP contribution in [0.5, 0.6) is 0 Å². The summed E-state index contributed by atoms with van der Waals surface area (Å²) in [5.41, 5.74) is 9.12. The van der Waals surface area contributed by atoms with E-state index in [1.807, 2.05) is 0 Å². The van der Waals surface area contributed by atoms with E-state index < -0.39 is 0 Å². The standard InChI is InChI=1S/C43H26N2O/c1-2-13-28-26(11-1)27-12-3-5-15-30(27)40-31-16-6-4-14-29(31)34(24-35(28)40)25-21-22-39-36(23-25)41-42(46-39)32-17-7-8-18-33(32)43-44-37-19-9-10-20-38(37)45(41)43/h1-24,43-44H. The number of anilines is 3. The Kier molecular flexibility index (Phi) is 4.63. The van der Waals surface area contributed by atoms with E-state index in [0.29, 0.717) is 0 Å². The summed E-state index contributed by atoms with van der Waals surface area (Å²) >= 11 is 0. The molecule has 0 spiro atoms. The van der Waals surface area contributed by atoms with Gasteiger partial charge in [-0.3, -0.25) is 0 Å². The molecule has 1 atom stereocenters. The van der Waals surface area contributed by atoms with Crippen LogP contribution in [0.25, 0.3) is 76.5 Å². The van der Waals surface area contributed by atoms with Gasteiger partial charge in [0.15, 0.2) is 5.76 Å². The fourth-order valence-corrected chi connectivity index (χ4v) is 8.24. The van der Waals surface area contributed by atoms with Crippen molar-refractivity contribution in [3.8, 4) is 22.5 Å². The van der Waals surface area contributed by atoms with Crippen molar-refractivity contribution in [1.82, 2.24) is 0 Å². The highest BCUT2D eigenvalue weighted by Gasteiger charge is 2.40. The maximum absolute atomic E-state index is 6.73. The molecule has 11 rings (SSSR count). The van der Waals surface area contributed by atoms with Crippen LogP contribution in [0.3, 0.4) is 0 Å². The van der Waals surface area contributed by atoms with Crippen molar-refractivity contribution in [3.05, 3.63) is 151 Å². The van der Waals surface area contributed by atoms with Crippen LogP contribution in [0.4, 0.5) is 17.1 Å². The van der Waals surface area contributed by atoms with E-state index in [1.54, 1.807) is 0 Å².